The van der Waals surface area contributed by atoms with Gasteiger partial charge in [-0.2, -0.15) is 0 Å². The highest BCUT2D eigenvalue weighted by Crippen LogP contribution is 2.44. The Morgan fingerprint density at radius 1 is 1.31 bits per heavy atom. The molecule has 0 aromatic rings. The zero-order chi connectivity index (χ0) is 12.4. The highest BCUT2D eigenvalue weighted by Gasteiger charge is 2.17. The molecule has 4 nitrogen and oxygen atoms in total. The molecule has 0 saturated carbocycles. The Bertz CT molecular complexity index is 258. The van der Waals surface area contributed by atoms with Gasteiger partial charge in [-0.15, -0.1) is 0 Å². The van der Waals surface area contributed by atoms with Crippen LogP contribution in [0.2, 0.25) is 0 Å². The molecule has 0 N–H and O–H groups in total. The summed E-state index contributed by atoms with van der Waals surface area (Å²) in [5.41, 5.74) is 0. The highest BCUT2D eigenvalue weighted by molar-refractivity contribution is 7.52. The van der Waals surface area contributed by atoms with Gasteiger partial charge in [0, 0.05) is 6.42 Å². The zero-order valence-corrected chi connectivity index (χ0v) is 11.9. The number of rotatable bonds is 9. The normalized spacial score (nSPS) is 15.9. The molecule has 0 saturated heterocycles. The van der Waals surface area contributed by atoms with E-state index < -0.39 is 7.60 Å². The first kappa shape index (κ1) is 16.0. The van der Waals surface area contributed by atoms with Crippen molar-refractivity contribution in [3.05, 3.63) is 0 Å². The fourth-order valence-electron chi connectivity index (χ4n) is 0.885. The number of hydrogen-bond acceptors (Lipinski definition) is 4. The minimum absolute atomic E-state index is 0.336. The summed E-state index contributed by atoms with van der Waals surface area (Å²) in [6.45, 7) is 5.91. The largest absolute Gasteiger partial charge is 0.397 e. The summed E-state index contributed by atoms with van der Waals surface area (Å²) in [6, 6.07) is 0. The molecule has 1 unspecified atom stereocenters. The average molecular weight is 270 g/mol. The van der Waals surface area contributed by atoms with Crippen LogP contribution in [0.5, 0.6) is 0 Å². The van der Waals surface area contributed by atoms with Gasteiger partial charge < -0.3 is 4.62 Å². The van der Waals surface area contributed by atoms with Gasteiger partial charge in [-0.3, -0.25) is 4.52 Å². The van der Waals surface area contributed by atoms with Crippen molar-refractivity contribution in [3.63, 3.8) is 0 Å². The Morgan fingerprint density at radius 2 is 1.94 bits per heavy atom. The summed E-state index contributed by atoms with van der Waals surface area (Å²) in [5.74, 6) is 0. The molecule has 1 atom stereocenters. The maximum Gasteiger partial charge on any atom is 0.397 e. The van der Waals surface area contributed by atoms with Crippen molar-refractivity contribution in [2.45, 2.75) is 46.0 Å². The van der Waals surface area contributed by atoms with Gasteiger partial charge in [0.2, 0.25) is 0 Å². The van der Waals surface area contributed by atoms with E-state index in [1.54, 1.807) is 0 Å². The molecule has 0 aromatic carbocycles. The molecule has 0 fully saturated rings. The number of halogens is 1. The van der Waals surface area contributed by atoms with E-state index in [-0.39, 0.29) is 0 Å². The van der Waals surface area contributed by atoms with E-state index in [9.17, 15) is 4.57 Å². The van der Waals surface area contributed by atoms with Crippen LogP contribution in [0.15, 0.2) is 5.16 Å². The van der Waals surface area contributed by atoms with Crippen molar-refractivity contribution < 1.29 is 13.7 Å². The zero-order valence-electron chi connectivity index (χ0n) is 10.2. The van der Waals surface area contributed by atoms with E-state index in [0.29, 0.717) is 18.2 Å². The fraction of sp³-hybridized carbons (Fsp3) is 0.900. The lowest BCUT2D eigenvalue weighted by molar-refractivity contribution is 0.213. The fourth-order valence-corrected chi connectivity index (χ4v) is 1.86. The molecule has 0 aromatic heterocycles. The molecule has 0 aliphatic carbocycles. The van der Waals surface area contributed by atoms with Crippen LogP contribution in [0.3, 0.4) is 0 Å². The molecular formula is C10H21ClNO3P. The number of hydrogen-bond donors (Lipinski definition) is 0. The van der Waals surface area contributed by atoms with Gasteiger partial charge in [-0.1, -0.05) is 43.4 Å². The van der Waals surface area contributed by atoms with Crippen LogP contribution in [0, 0.1) is 0 Å². The summed E-state index contributed by atoms with van der Waals surface area (Å²) in [6.07, 6.45) is 4.46. The maximum absolute atomic E-state index is 11.7. The van der Waals surface area contributed by atoms with E-state index in [4.69, 9.17) is 20.7 Å². The SMILES string of the molecule is CCCCOP(C)(=O)O/N=C(/Cl)CCCC. The van der Waals surface area contributed by atoms with Crippen LogP contribution in [0.4, 0.5) is 0 Å². The number of unbranched alkanes of at least 4 members (excludes halogenated alkanes) is 2. The van der Waals surface area contributed by atoms with Crippen LogP contribution < -0.4 is 0 Å². The van der Waals surface area contributed by atoms with E-state index in [1.165, 1.54) is 6.66 Å². The molecule has 0 rings (SSSR count). The molecule has 0 aliphatic heterocycles. The van der Waals surface area contributed by atoms with E-state index in [1.807, 2.05) is 6.92 Å². The minimum Gasteiger partial charge on any atom is -0.313 e. The smallest absolute Gasteiger partial charge is 0.313 e. The second-order valence-electron chi connectivity index (χ2n) is 3.61. The summed E-state index contributed by atoms with van der Waals surface area (Å²) < 4.78 is 21.6. The quantitative estimate of drug-likeness (QED) is 0.270. The molecule has 0 amide bonds. The molecule has 0 radical (unpaired) electrons. The monoisotopic (exact) mass is 269 g/mol. The lowest BCUT2D eigenvalue weighted by Gasteiger charge is -2.10. The van der Waals surface area contributed by atoms with Crippen molar-refractivity contribution in [2.75, 3.05) is 13.3 Å². The summed E-state index contributed by atoms with van der Waals surface area (Å²) in [5, 5.41) is 3.94. The lowest BCUT2D eigenvalue weighted by atomic mass is 10.3. The Labute approximate surface area is 103 Å². The molecule has 16 heavy (non-hydrogen) atoms. The van der Waals surface area contributed by atoms with Gasteiger partial charge in [-0.25, -0.2) is 4.57 Å². The van der Waals surface area contributed by atoms with E-state index in [0.717, 1.165) is 25.7 Å². The minimum atomic E-state index is -3.08. The van der Waals surface area contributed by atoms with Crippen LogP contribution >= 0.6 is 19.2 Å². The second kappa shape index (κ2) is 9.03. The molecule has 0 bridgehead atoms. The Kier molecular flexibility index (Phi) is 9.00. The molecule has 96 valence electrons. The Hall–Kier alpha value is -0.0500. The molecule has 0 aliphatic rings. The predicted octanol–water partition coefficient (Wildman–Crippen LogP) is 4.39. The molecule has 0 heterocycles. The topological polar surface area (TPSA) is 47.9 Å². The maximum atomic E-state index is 11.7. The molecular weight excluding hydrogens is 249 g/mol. The van der Waals surface area contributed by atoms with Crippen molar-refractivity contribution in [3.8, 4) is 0 Å². The third kappa shape index (κ3) is 9.20. The third-order valence-electron chi connectivity index (χ3n) is 1.85. The van der Waals surface area contributed by atoms with Gasteiger partial charge in [0.25, 0.3) is 0 Å². The van der Waals surface area contributed by atoms with Crippen molar-refractivity contribution in [1.82, 2.24) is 0 Å². The van der Waals surface area contributed by atoms with Crippen molar-refractivity contribution >= 4 is 24.4 Å². The van der Waals surface area contributed by atoms with E-state index >= 15 is 0 Å². The second-order valence-corrected chi connectivity index (χ2v) is 6.01. The number of oxime groups is 1. The standard InChI is InChI=1S/C10H21ClNO3P/c1-4-6-8-10(11)12-15-16(3,13)14-9-7-5-2/h4-9H2,1-3H3/b12-10+. The summed E-state index contributed by atoms with van der Waals surface area (Å²) in [7, 11) is -3.08. The third-order valence-corrected chi connectivity index (χ3v) is 3.14. The van der Waals surface area contributed by atoms with Gasteiger partial charge in [0.15, 0.2) is 0 Å². The first-order valence-corrected chi connectivity index (χ1v) is 8.01. The van der Waals surface area contributed by atoms with Crippen LogP contribution in [-0.4, -0.2) is 18.4 Å². The average Bonchev–Trinajstić information content (AvgIpc) is 2.24. The Balaban J connectivity index is 3.91. The van der Waals surface area contributed by atoms with Gasteiger partial charge in [-0.05, 0) is 12.8 Å². The van der Waals surface area contributed by atoms with Crippen molar-refractivity contribution in [2.24, 2.45) is 5.16 Å². The van der Waals surface area contributed by atoms with Crippen LogP contribution in [-0.2, 0) is 13.7 Å². The van der Waals surface area contributed by atoms with Gasteiger partial charge >= 0.3 is 7.60 Å². The summed E-state index contributed by atoms with van der Waals surface area (Å²) >= 11 is 5.78. The number of nitrogens with zero attached hydrogens (tertiary/aromatic N) is 1. The lowest BCUT2D eigenvalue weighted by Crippen LogP contribution is -1.95. The van der Waals surface area contributed by atoms with Gasteiger partial charge in [0.1, 0.15) is 5.17 Å². The first-order chi connectivity index (χ1) is 7.52. The highest BCUT2D eigenvalue weighted by atomic mass is 35.5. The van der Waals surface area contributed by atoms with E-state index in [2.05, 4.69) is 12.1 Å². The summed E-state index contributed by atoms with van der Waals surface area (Å²) in [4.78, 5) is 0. The Morgan fingerprint density at radius 3 is 2.50 bits per heavy atom. The van der Waals surface area contributed by atoms with Crippen molar-refractivity contribution in [1.29, 1.82) is 0 Å². The molecule has 0 spiro atoms. The predicted molar refractivity (Wildman–Crippen MR) is 68.3 cm³/mol. The first-order valence-electron chi connectivity index (χ1n) is 5.65. The van der Waals surface area contributed by atoms with Crippen LogP contribution in [0.25, 0.3) is 0 Å². The molecule has 6 heteroatoms. The van der Waals surface area contributed by atoms with Crippen LogP contribution in [0.1, 0.15) is 46.0 Å². The van der Waals surface area contributed by atoms with Gasteiger partial charge in [0.05, 0.1) is 13.3 Å².